The van der Waals surface area contributed by atoms with E-state index in [1.807, 2.05) is 0 Å². The Labute approximate surface area is 127 Å². The smallest absolute Gasteiger partial charge is 0.407 e. The molecule has 0 radical (unpaired) electrons. The van der Waals surface area contributed by atoms with Crippen LogP contribution in [0.5, 0.6) is 0 Å². The third-order valence-electron chi connectivity index (χ3n) is 2.65. The fourth-order valence-corrected chi connectivity index (χ4v) is 1.78. The second-order valence-electron chi connectivity index (χ2n) is 5.90. The maximum Gasteiger partial charge on any atom is 0.407 e. The lowest BCUT2D eigenvalue weighted by Crippen LogP contribution is -2.37. The van der Waals surface area contributed by atoms with E-state index < -0.39 is 35.2 Å². The highest BCUT2D eigenvalue weighted by molar-refractivity contribution is 5.73. The van der Waals surface area contributed by atoms with Crippen molar-refractivity contribution in [2.24, 2.45) is 5.92 Å². The van der Waals surface area contributed by atoms with Crippen LogP contribution in [0.3, 0.4) is 0 Å². The van der Waals surface area contributed by atoms with Crippen molar-refractivity contribution in [1.82, 2.24) is 5.32 Å². The number of benzene rings is 1. The molecular formula is C15H19F2NO4. The maximum atomic E-state index is 13.1. The highest BCUT2D eigenvalue weighted by Crippen LogP contribution is 2.13. The predicted octanol–water partition coefficient (Wildman–Crippen LogP) is 2.73. The summed E-state index contributed by atoms with van der Waals surface area (Å²) in [7, 11) is 0. The van der Waals surface area contributed by atoms with Crippen LogP contribution in [0.1, 0.15) is 26.3 Å². The number of aliphatic carboxylic acids is 1. The van der Waals surface area contributed by atoms with Gasteiger partial charge in [-0.15, -0.1) is 0 Å². The summed E-state index contributed by atoms with van der Waals surface area (Å²) in [6.07, 6.45) is -0.857. The molecule has 1 aromatic carbocycles. The fraction of sp³-hybridized carbons (Fsp3) is 0.467. The Morgan fingerprint density at radius 3 is 2.23 bits per heavy atom. The molecule has 0 fully saturated rings. The lowest BCUT2D eigenvalue weighted by molar-refractivity contribution is -0.141. The molecule has 0 aliphatic heterocycles. The van der Waals surface area contributed by atoms with Crippen molar-refractivity contribution in [1.29, 1.82) is 0 Å². The molecule has 0 saturated carbocycles. The Morgan fingerprint density at radius 1 is 1.23 bits per heavy atom. The molecule has 1 amide bonds. The topological polar surface area (TPSA) is 75.6 Å². The third-order valence-corrected chi connectivity index (χ3v) is 2.65. The van der Waals surface area contributed by atoms with Crippen molar-refractivity contribution in [3.05, 3.63) is 35.4 Å². The minimum atomic E-state index is -1.18. The Balaban J connectivity index is 2.66. The molecule has 0 bridgehead atoms. The average Bonchev–Trinajstić information content (AvgIpc) is 2.30. The molecule has 0 heterocycles. The Bertz CT molecular complexity index is 535. The quantitative estimate of drug-likeness (QED) is 0.876. The van der Waals surface area contributed by atoms with E-state index in [2.05, 4.69) is 5.32 Å². The van der Waals surface area contributed by atoms with Gasteiger partial charge in [-0.05, 0) is 44.9 Å². The number of halogens is 2. The highest BCUT2D eigenvalue weighted by Gasteiger charge is 2.22. The molecule has 0 spiro atoms. The molecule has 22 heavy (non-hydrogen) atoms. The molecule has 5 nitrogen and oxygen atoms in total. The number of carboxylic acid groups (broad SMARTS) is 1. The number of amides is 1. The second kappa shape index (κ2) is 7.20. The van der Waals surface area contributed by atoms with Crippen molar-refractivity contribution in [2.75, 3.05) is 6.54 Å². The van der Waals surface area contributed by atoms with Crippen molar-refractivity contribution in [3.8, 4) is 0 Å². The molecule has 1 aromatic rings. The summed E-state index contributed by atoms with van der Waals surface area (Å²) >= 11 is 0. The first-order valence-electron chi connectivity index (χ1n) is 6.71. The van der Waals surface area contributed by atoms with E-state index in [0.29, 0.717) is 6.07 Å². The molecule has 122 valence electrons. The van der Waals surface area contributed by atoms with E-state index >= 15 is 0 Å². The maximum absolute atomic E-state index is 13.1. The van der Waals surface area contributed by atoms with E-state index in [1.165, 1.54) is 0 Å². The van der Waals surface area contributed by atoms with Crippen LogP contribution in [-0.4, -0.2) is 29.3 Å². The van der Waals surface area contributed by atoms with Crippen LogP contribution in [0.15, 0.2) is 18.2 Å². The van der Waals surface area contributed by atoms with E-state index in [0.717, 1.165) is 12.1 Å². The number of rotatable bonds is 5. The summed E-state index contributed by atoms with van der Waals surface area (Å²) in [5.41, 5.74) is -0.495. The summed E-state index contributed by atoms with van der Waals surface area (Å²) in [6, 6.07) is 2.83. The number of ether oxygens (including phenoxy) is 1. The highest BCUT2D eigenvalue weighted by atomic mass is 19.1. The van der Waals surface area contributed by atoms with Crippen LogP contribution in [0.25, 0.3) is 0 Å². The molecular weight excluding hydrogens is 296 g/mol. The molecule has 1 atom stereocenters. The molecule has 0 aromatic heterocycles. The first kappa shape index (κ1) is 17.9. The van der Waals surface area contributed by atoms with Gasteiger partial charge in [0.05, 0.1) is 5.92 Å². The van der Waals surface area contributed by atoms with Gasteiger partial charge in [-0.3, -0.25) is 4.79 Å². The Kier molecular flexibility index (Phi) is 5.84. The zero-order valence-electron chi connectivity index (χ0n) is 12.7. The first-order chi connectivity index (χ1) is 10.1. The largest absolute Gasteiger partial charge is 0.481 e. The van der Waals surface area contributed by atoms with Gasteiger partial charge < -0.3 is 15.2 Å². The van der Waals surface area contributed by atoms with E-state index in [9.17, 15) is 18.4 Å². The summed E-state index contributed by atoms with van der Waals surface area (Å²) in [4.78, 5) is 22.7. The van der Waals surface area contributed by atoms with E-state index in [1.54, 1.807) is 20.8 Å². The summed E-state index contributed by atoms with van der Waals surface area (Å²) in [6.45, 7) is 4.83. The van der Waals surface area contributed by atoms with E-state index in [-0.39, 0.29) is 18.5 Å². The average molecular weight is 315 g/mol. The molecule has 7 heteroatoms. The summed E-state index contributed by atoms with van der Waals surface area (Å²) < 4.78 is 31.2. The molecule has 0 aliphatic carbocycles. The van der Waals surface area contributed by atoms with Gasteiger partial charge in [0.1, 0.15) is 17.2 Å². The van der Waals surface area contributed by atoms with Crippen LogP contribution in [0.4, 0.5) is 13.6 Å². The number of carboxylic acids is 1. The molecule has 0 unspecified atom stereocenters. The summed E-state index contributed by atoms with van der Waals surface area (Å²) in [5, 5.41) is 11.5. The summed E-state index contributed by atoms with van der Waals surface area (Å²) in [5.74, 6) is -3.76. The van der Waals surface area contributed by atoms with Crippen LogP contribution >= 0.6 is 0 Å². The predicted molar refractivity (Wildman–Crippen MR) is 75.4 cm³/mol. The number of carbonyl (C=O) groups is 2. The molecule has 2 N–H and O–H groups in total. The SMILES string of the molecule is CC(C)(C)OC(=O)NC[C@H](Cc1cc(F)cc(F)c1)C(=O)O. The number of nitrogens with one attached hydrogen (secondary N) is 1. The van der Waals surface area contributed by atoms with Gasteiger partial charge in [-0.25, -0.2) is 13.6 Å². The van der Waals surface area contributed by atoms with Crippen molar-refractivity contribution < 1.29 is 28.2 Å². The molecule has 0 aliphatic rings. The monoisotopic (exact) mass is 315 g/mol. The zero-order valence-corrected chi connectivity index (χ0v) is 12.7. The van der Waals surface area contributed by atoms with E-state index in [4.69, 9.17) is 9.84 Å². The van der Waals surface area contributed by atoms with Gasteiger partial charge in [0.25, 0.3) is 0 Å². The Morgan fingerprint density at radius 2 is 1.77 bits per heavy atom. The lowest BCUT2D eigenvalue weighted by atomic mass is 9.99. The lowest BCUT2D eigenvalue weighted by Gasteiger charge is -2.21. The van der Waals surface area contributed by atoms with Crippen LogP contribution in [-0.2, 0) is 16.0 Å². The minimum absolute atomic E-state index is 0.111. The number of hydrogen-bond donors (Lipinski definition) is 2. The number of hydrogen-bond acceptors (Lipinski definition) is 3. The van der Waals surface area contributed by atoms with Crippen molar-refractivity contribution >= 4 is 12.1 Å². The van der Waals surface area contributed by atoms with Crippen molar-refractivity contribution in [2.45, 2.75) is 32.8 Å². The Hall–Kier alpha value is -2.18. The molecule has 1 rings (SSSR count). The standard InChI is InChI=1S/C15H19F2NO4/c1-15(2,3)22-14(21)18-8-10(13(19)20)4-9-5-11(16)7-12(17)6-9/h5-7,10H,4,8H2,1-3H3,(H,18,21)(H,19,20)/t10-/m0/s1. The third kappa shape index (κ3) is 6.51. The van der Waals surface area contributed by atoms with Gasteiger partial charge in [0.15, 0.2) is 0 Å². The van der Waals surface area contributed by atoms with Gasteiger partial charge in [0.2, 0.25) is 0 Å². The fourth-order valence-electron chi connectivity index (χ4n) is 1.78. The minimum Gasteiger partial charge on any atom is -0.481 e. The van der Waals surface area contributed by atoms with Gasteiger partial charge in [-0.2, -0.15) is 0 Å². The number of carbonyl (C=O) groups excluding carboxylic acids is 1. The van der Waals surface area contributed by atoms with Crippen LogP contribution < -0.4 is 5.32 Å². The van der Waals surface area contributed by atoms with Gasteiger partial charge in [-0.1, -0.05) is 0 Å². The normalized spacial score (nSPS) is 12.6. The van der Waals surface area contributed by atoms with Gasteiger partial charge in [0, 0.05) is 12.6 Å². The van der Waals surface area contributed by atoms with Crippen molar-refractivity contribution in [3.63, 3.8) is 0 Å². The molecule has 0 saturated heterocycles. The number of alkyl carbamates (subject to hydrolysis) is 1. The first-order valence-corrected chi connectivity index (χ1v) is 6.71. The second-order valence-corrected chi connectivity index (χ2v) is 5.90. The zero-order chi connectivity index (χ0) is 16.9. The van der Waals surface area contributed by atoms with Gasteiger partial charge >= 0.3 is 12.1 Å². The van der Waals surface area contributed by atoms with Crippen LogP contribution in [0.2, 0.25) is 0 Å². The van der Waals surface area contributed by atoms with Crippen LogP contribution in [0, 0.1) is 17.6 Å².